The Bertz CT molecular complexity index is 423. The van der Waals surface area contributed by atoms with Crippen molar-refractivity contribution in [2.24, 2.45) is 17.6 Å². The highest BCUT2D eigenvalue weighted by Gasteiger charge is 2.61. The lowest BCUT2D eigenvalue weighted by Gasteiger charge is -2.57. The number of hydrogen-bond donors (Lipinski definition) is 2. The minimum absolute atomic E-state index is 0.186. The van der Waals surface area contributed by atoms with Crippen LogP contribution in [-0.4, -0.2) is 48.3 Å². The van der Waals surface area contributed by atoms with E-state index in [9.17, 15) is 9.90 Å². The van der Waals surface area contributed by atoms with E-state index in [4.69, 9.17) is 19.9 Å². The Balaban J connectivity index is 1.84. The Morgan fingerprint density at radius 3 is 2.73 bits per heavy atom. The van der Waals surface area contributed by atoms with Gasteiger partial charge in [-0.05, 0) is 39.0 Å². The van der Waals surface area contributed by atoms with E-state index in [1.807, 2.05) is 6.92 Å². The number of esters is 1. The summed E-state index contributed by atoms with van der Waals surface area (Å²) in [6.45, 7) is 3.45. The monoisotopic (exact) mass is 313 g/mol. The molecule has 2 aliphatic carbocycles. The fourth-order valence-electron chi connectivity index (χ4n) is 4.38. The third-order valence-electron chi connectivity index (χ3n) is 5.60. The molecule has 3 N–H and O–H groups in total. The summed E-state index contributed by atoms with van der Waals surface area (Å²) in [5.74, 6) is -1.45. The van der Waals surface area contributed by atoms with Crippen LogP contribution in [0, 0.1) is 11.8 Å². The number of carbonyl (C=O) groups excluding carboxylic acids is 1. The minimum Gasteiger partial charge on any atom is -0.466 e. The lowest BCUT2D eigenvalue weighted by atomic mass is 9.59. The van der Waals surface area contributed by atoms with E-state index in [0.29, 0.717) is 51.9 Å². The summed E-state index contributed by atoms with van der Waals surface area (Å²) in [5.41, 5.74) is 5.20. The SMILES string of the molecule is CCOC(=O)C1CCC2(O)C(N)CCC3(OCCCO3)C2C1. The second-order valence-electron chi connectivity index (χ2n) is 6.77. The van der Waals surface area contributed by atoms with Crippen molar-refractivity contribution in [3.8, 4) is 0 Å². The zero-order valence-electron chi connectivity index (χ0n) is 13.3. The summed E-state index contributed by atoms with van der Waals surface area (Å²) in [6, 6.07) is -0.291. The molecule has 1 heterocycles. The van der Waals surface area contributed by atoms with Crippen LogP contribution in [0.1, 0.15) is 45.4 Å². The molecule has 1 spiro atoms. The molecule has 0 bridgehead atoms. The van der Waals surface area contributed by atoms with E-state index >= 15 is 0 Å². The molecule has 1 aliphatic heterocycles. The first-order valence-electron chi connectivity index (χ1n) is 8.44. The molecule has 0 amide bonds. The number of aliphatic hydroxyl groups is 1. The summed E-state index contributed by atoms with van der Waals surface area (Å²) in [6.07, 6.45) is 3.84. The molecule has 0 aromatic heterocycles. The van der Waals surface area contributed by atoms with Crippen molar-refractivity contribution >= 4 is 5.97 Å². The molecule has 4 atom stereocenters. The molecule has 3 rings (SSSR count). The van der Waals surface area contributed by atoms with Crippen LogP contribution in [-0.2, 0) is 19.0 Å². The predicted octanol–water partition coefficient (Wildman–Crippen LogP) is 0.951. The predicted molar refractivity (Wildman–Crippen MR) is 78.9 cm³/mol. The van der Waals surface area contributed by atoms with Gasteiger partial charge >= 0.3 is 5.97 Å². The first-order chi connectivity index (χ1) is 10.5. The van der Waals surface area contributed by atoms with Crippen LogP contribution in [0.15, 0.2) is 0 Å². The van der Waals surface area contributed by atoms with Crippen molar-refractivity contribution in [1.82, 2.24) is 0 Å². The first kappa shape index (κ1) is 16.2. The van der Waals surface area contributed by atoms with E-state index in [-0.39, 0.29) is 23.8 Å². The Morgan fingerprint density at radius 1 is 1.32 bits per heavy atom. The first-order valence-corrected chi connectivity index (χ1v) is 8.44. The number of hydrogen-bond acceptors (Lipinski definition) is 6. The van der Waals surface area contributed by atoms with Gasteiger partial charge in [-0.1, -0.05) is 0 Å². The molecular formula is C16H27NO5. The van der Waals surface area contributed by atoms with Gasteiger partial charge in [-0.3, -0.25) is 4.79 Å². The summed E-state index contributed by atoms with van der Waals surface area (Å²) in [7, 11) is 0. The van der Waals surface area contributed by atoms with Gasteiger partial charge in [0.25, 0.3) is 0 Å². The van der Waals surface area contributed by atoms with E-state index in [2.05, 4.69) is 0 Å². The maximum absolute atomic E-state index is 12.1. The maximum atomic E-state index is 12.1. The molecule has 1 saturated heterocycles. The Kier molecular flexibility index (Phi) is 4.47. The van der Waals surface area contributed by atoms with Gasteiger partial charge in [-0.15, -0.1) is 0 Å². The number of carbonyl (C=O) groups is 1. The number of rotatable bonds is 2. The fourth-order valence-corrected chi connectivity index (χ4v) is 4.38. The normalized spacial score (nSPS) is 41.0. The van der Waals surface area contributed by atoms with Gasteiger partial charge in [0.15, 0.2) is 5.79 Å². The van der Waals surface area contributed by atoms with Crippen molar-refractivity contribution in [2.45, 2.75) is 62.9 Å². The minimum atomic E-state index is -1.02. The Labute approximate surface area is 131 Å². The Morgan fingerprint density at radius 2 is 2.05 bits per heavy atom. The van der Waals surface area contributed by atoms with Crippen molar-refractivity contribution < 1.29 is 24.1 Å². The van der Waals surface area contributed by atoms with Gasteiger partial charge in [0.05, 0.1) is 31.3 Å². The topological polar surface area (TPSA) is 91.0 Å². The van der Waals surface area contributed by atoms with Crippen molar-refractivity contribution in [3.05, 3.63) is 0 Å². The number of ether oxygens (including phenoxy) is 3. The van der Waals surface area contributed by atoms with E-state index in [1.54, 1.807) is 0 Å². The fraction of sp³-hybridized carbons (Fsp3) is 0.938. The van der Waals surface area contributed by atoms with Crippen LogP contribution < -0.4 is 5.73 Å². The van der Waals surface area contributed by atoms with Gasteiger partial charge in [-0.2, -0.15) is 0 Å². The standard InChI is InChI=1S/C16H27NO5/c1-2-20-14(18)11-4-6-15(19)12(10-11)16(7-5-13(15)17)21-8-3-9-22-16/h11-13,19H,2-10,17H2,1H3. The van der Waals surface area contributed by atoms with Crippen LogP contribution in [0.3, 0.4) is 0 Å². The molecule has 6 heteroatoms. The highest BCUT2D eigenvalue weighted by molar-refractivity contribution is 5.72. The average molecular weight is 313 g/mol. The summed E-state index contributed by atoms with van der Waals surface area (Å²) < 4.78 is 17.1. The molecule has 3 aliphatic rings. The zero-order chi connectivity index (χ0) is 15.8. The molecule has 0 aromatic carbocycles. The van der Waals surface area contributed by atoms with E-state index in [1.165, 1.54) is 0 Å². The largest absolute Gasteiger partial charge is 0.466 e. The van der Waals surface area contributed by atoms with Crippen LogP contribution in [0.2, 0.25) is 0 Å². The average Bonchev–Trinajstić information content (AvgIpc) is 2.53. The van der Waals surface area contributed by atoms with Gasteiger partial charge in [0.1, 0.15) is 0 Å². The molecule has 0 radical (unpaired) electrons. The quantitative estimate of drug-likeness (QED) is 0.738. The summed E-state index contributed by atoms with van der Waals surface area (Å²) in [5, 5.41) is 11.2. The lowest BCUT2D eigenvalue weighted by molar-refractivity contribution is -0.344. The van der Waals surface area contributed by atoms with Crippen LogP contribution >= 0.6 is 0 Å². The zero-order valence-corrected chi connectivity index (χ0v) is 13.3. The number of nitrogens with two attached hydrogens (primary N) is 1. The van der Waals surface area contributed by atoms with Crippen LogP contribution in [0.4, 0.5) is 0 Å². The van der Waals surface area contributed by atoms with E-state index in [0.717, 1.165) is 6.42 Å². The molecule has 126 valence electrons. The highest BCUT2D eigenvalue weighted by Crippen LogP contribution is 2.52. The van der Waals surface area contributed by atoms with Crippen molar-refractivity contribution in [3.63, 3.8) is 0 Å². The lowest BCUT2D eigenvalue weighted by Crippen LogP contribution is -2.68. The van der Waals surface area contributed by atoms with Crippen molar-refractivity contribution in [2.75, 3.05) is 19.8 Å². The van der Waals surface area contributed by atoms with Gasteiger partial charge in [0.2, 0.25) is 0 Å². The third-order valence-corrected chi connectivity index (χ3v) is 5.60. The molecule has 0 aromatic rings. The molecular weight excluding hydrogens is 286 g/mol. The second-order valence-corrected chi connectivity index (χ2v) is 6.77. The maximum Gasteiger partial charge on any atom is 0.308 e. The molecule has 2 saturated carbocycles. The van der Waals surface area contributed by atoms with Crippen molar-refractivity contribution in [1.29, 1.82) is 0 Å². The molecule has 6 nitrogen and oxygen atoms in total. The smallest absolute Gasteiger partial charge is 0.308 e. The third kappa shape index (κ3) is 2.56. The summed E-state index contributed by atoms with van der Waals surface area (Å²) in [4.78, 5) is 12.1. The molecule has 4 unspecified atom stereocenters. The number of fused-ring (bicyclic) bond motifs is 2. The van der Waals surface area contributed by atoms with E-state index < -0.39 is 11.4 Å². The van der Waals surface area contributed by atoms with Gasteiger partial charge < -0.3 is 25.1 Å². The molecule has 22 heavy (non-hydrogen) atoms. The summed E-state index contributed by atoms with van der Waals surface area (Å²) >= 11 is 0. The highest BCUT2D eigenvalue weighted by atomic mass is 16.7. The second kappa shape index (κ2) is 6.07. The van der Waals surface area contributed by atoms with Gasteiger partial charge in [-0.25, -0.2) is 0 Å². The van der Waals surface area contributed by atoms with Crippen LogP contribution in [0.5, 0.6) is 0 Å². The Hall–Kier alpha value is -0.690. The van der Waals surface area contributed by atoms with Crippen LogP contribution in [0.25, 0.3) is 0 Å². The van der Waals surface area contributed by atoms with Gasteiger partial charge in [0, 0.05) is 18.4 Å². The molecule has 3 fully saturated rings.